The maximum atomic E-state index is 11.2. The molecule has 5 heteroatoms. The molecule has 1 rings (SSSR count). The van der Waals surface area contributed by atoms with E-state index in [1.54, 1.807) is 19.2 Å². The van der Waals surface area contributed by atoms with E-state index in [2.05, 4.69) is 21.2 Å². The molecule has 0 radical (unpaired) electrons. The van der Waals surface area contributed by atoms with E-state index >= 15 is 0 Å². The van der Waals surface area contributed by atoms with Crippen LogP contribution in [0.5, 0.6) is 11.5 Å². The topological polar surface area (TPSA) is 47.6 Å². The Balaban J connectivity index is 2.63. The summed E-state index contributed by atoms with van der Waals surface area (Å²) in [7, 11) is 1.58. The molecule has 1 N–H and O–H groups in total. The van der Waals surface area contributed by atoms with Gasteiger partial charge in [0.05, 0.1) is 7.11 Å². The van der Waals surface area contributed by atoms with E-state index < -0.39 is 0 Å². The van der Waals surface area contributed by atoms with Crippen LogP contribution in [0.25, 0.3) is 0 Å². The van der Waals surface area contributed by atoms with Crippen LogP contribution >= 0.6 is 15.9 Å². The zero-order valence-electron chi connectivity index (χ0n) is 9.25. The SMILES string of the molecule is CCNC(=O)COc1cccc(OC)c1Br. The number of benzene rings is 1. The molecular weight excluding hydrogens is 274 g/mol. The molecule has 0 aliphatic carbocycles. The second-order valence-corrected chi connectivity index (χ2v) is 3.81. The highest BCUT2D eigenvalue weighted by molar-refractivity contribution is 9.10. The van der Waals surface area contributed by atoms with E-state index in [0.717, 1.165) is 0 Å². The molecule has 1 aromatic carbocycles. The number of carbonyl (C=O) groups is 1. The summed E-state index contributed by atoms with van der Waals surface area (Å²) in [6.07, 6.45) is 0. The molecule has 0 atom stereocenters. The number of ether oxygens (including phenoxy) is 2. The highest BCUT2D eigenvalue weighted by atomic mass is 79.9. The largest absolute Gasteiger partial charge is 0.495 e. The lowest BCUT2D eigenvalue weighted by Gasteiger charge is -2.10. The van der Waals surface area contributed by atoms with Gasteiger partial charge < -0.3 is 14.8 Å². The van der Waals surface area contributed by atoms with Crippen molar-refractivity contribution in [2.45, 2.75) is 6.92 Å². The van der Waals surface area contributed by atoms with Gasteiger partial charge in [0.1, 0.15) is 16.0 Å². The smallest absolute Gasteiger partial charge is 0.257 e. The molecule has 88 valence electrons. The van der Waals surface area contributed by atoms with Crippen molar-refractivity contribution >= 4 is 21.8 Å². The van der Waals surface area contributed by atoms with Crippen LogP contribution in [0.3, 0.4) is 0 Å². The van der Waals surface area contributed by atoms with Crippen LogP contribution in [0.15, 0.2) is 22.7 Å². The Hall–Kier alpha value is -1.23. The first-order valence-electron chi connectivity index (χ1n) is 4.91. The molecule has 0 aromatic heterocycles. The fourth-order valence-corrected chi connectivity index (χ4v) is 1.69. The standard InChI is InChI=1S/C11H14BrNO3/c1-3-13-10(14)7-16-9-6-4-5-8(15-2)11(9)12/h4-6H,3,7H2,1-2H3,(H,13,14). The summed E-state index contributed by atoms with van der Waals surface area (Å²) >= 11 is 3.35. The molecule has 0 fully saturated rings. The van der Waals surface area contributed by atoms with Crippen molar-refractivity contribution in [2.75, 3.05) is 20.3 Å². The van der Waals surface area contributed by atoms with Crippen molar-refractivity contribution in [3.05, 3.63) is 22.7 Å². The van der Waals surface area contributed by atoms with Crippen molar-refractivity contribution in [1.82, 2.24) is 5.32 Å². The van der Waals surface area contributed by atoms with Crippen LogP contribution in [-0.4, -0.2) is 26.2 Å². The van der Waals surface area contributed by atoms with E-state index in [1.165, 1.54) is 0 Å². The number of likely N-dealkylation sites (N-methyl/N-ethyl adjacent to an activating group) is 1. The van der Waals surface area contributed by atoms with Gasteiger partial charge >= 0.3 is 0 Å². The quantitative estimate of drug-likeness (QED) is 0.901. The first-order valence-corrected chi connectivity index (χ1v) is 5.70. The first-order chi connectivity index (χ1) is 7.69. The molecule has 1 aromatic rings. The fraction of sp³-hybridized carbons (Fsp3) is 0.364. The van der Waals surface area contributed by atoms with E-state index in [4.69, 9.17) is 9.47 Å². The number of halogens is 1. The number of carbonyl (C=O) groups excluding carboxylic acids is 1. The van der Waals surface area contributed by atoms with Gasteiger partial charge in [0.2, 0.25) is 0 Å². The number of methoxy groups -OCH3 is 1. The van der Waals surface area contributed by atoms with Gasteiger partial charge in [0.15, 0.2) is 6.61 Å². The lowest BCUT2D eigenvalue weighted by Crippen LogP contribution is -2.28. The van der Waals surface area contributed by atoms with Gasteiger partial charge in [0, 0.05) is 6.54 Å². The number of hydrogen-bond donors (Lipinski definition) is 1. The van der Waals surface area contributed by atoms with Gasteiger partial charge in [-0.1, -0.05) is 6.07 Å². The van der Waals surface area contributed by atoms with Crippen molar-refractivity contribution < 1.29 is 14.3 Å². The predicted molar refractivity (Wildman–Crippen MR) is 64.9 cm³/mol. The molecule has 0 aliphatic rings. The third kappa shape index (κ3) is 3.41. The average molecular weight is 288 g/mol. The van der Waals surface area contributed by atoms with E-state index in [0.29, 0.717) is 22.5 Å². The molecule has 4 nitrogen and oxygen atoms in total. The molecule has 0 saturated carbocycles. The lowest BCUT2D eigenvalue weighted by atomic mass is 10.3. The highest BCUT2D eigenvalue weighted by Gasteiger charge is 2.08. The Labute approximate surface area is 103 Å². The summed E-state index contributed by atoms with van der Waals surface area (Å²) in [6.45, 7) is 2.46. The maximum Gasteiger partial charge on any atom is 0.257 e. The van der Waals surface area contributed by atoms with Gasteiger partial charge in [0.25, 0.3) is 5.91 Å². The van der Waals surface area contributed by atoms with E-state index in [-0.39, 0.29) is 12.5 Å². The molecular formula is C11H14BrNO3. The van der Waals surface area contributed by atoms with Crippen LogP contribution in [-0.2, 0) is 4.79 Å². The van der Waals surface area contributed by atoms with Gasteiger partial charge in [-0.2, -0.15) is 0 Å². The predicted octanol–water partition coefficient (Wildman–Crippen LogP) is 1.97. The second kappa shape index (κ2) is 6.37. The number of amides is 1. The number of rotatable bonds is 5. The van der Waals surface area contributed by atoms with Crippen LogP contribution in [0, 0.1) is 0 Å². The van der Waals surface area contributed by atoms with Gasteiger partial charge in [-0.3, -0.25) is 4.79 Å². The fourth-order valence-electron chi connectivity index (χ4n) is 1.15. The molecule has 0 bridgehead atoms. The molecule has 0 saturated heterocycles. The van der Waals surface area contributed by atoms with Gasteiger partial charge in [-0.05, 0) is 35.0 Å². The molecule has 0 unspecified atom stereocenters. The molecule has 0 spiro atoms. The Morgan fingerprint density at radius 1 is 1.44 bits per heavy atom. The van der Waals surface area contributed by atoms with Gasteiger partial charge in [-0.15, -0.1) is 0 Å². The second-order valence-electron chi connectivity index (χ2n) is 3.01. The summed E-state index contributed by atoms with van der Waals surface area (Å²) in [5.41, 5.74) is 0. The molecule has 16 heavy (non-hydrogen) atoms. The highest BCUT2D eigenvalue weighted by Crippen LogP contribution is 2.33. The minimum Gasteiger partial charge on any atom is -0.495 e. The molecule has 1 amide bonds. The Bertz CT molecular complexity index is 368. The zero-order valence-corrected chi connectivity index (χ0v) is 10.8. The molecule has 0 heterocycles. The minimum absolute atomic E-state index is 0.000389. The van der Waals surface area contributed by atoms with Crippen LogP contribution < -0.4 is 14.8 Å². The number of nitrogens with one attached hydrogen (secondary N) is 1. The summed E-state index contributed by atoms with van der Waals surface area (Å²) in [6, 6.07) is 5.38. The van der Waals surface area contributed by atoms with E-state index in [1.807, 2.05) is 13.0 Å². The Morgan fingerprint density at radius 3 is 2.75 bits per heavy atom. The summed E-state index contributed by atoms with van der Waals surface area (Å²) in [5, 5.41) is 2.65. The van der Waals surface area contributed by atoms with Crippen LogP contribution in [0.2, 0.25) is 0 Å². The van der Waals surface area contributed by atoms with Crippen molar-refractivity contribution in [2.24, 2.45) is 0 Å². The van der Waals surface area contributed by atoms with Crippen molar-refractivity contribution in [1.29, 1.82) is 0 Å². The Morgan fingerprint density at radius 2 is 2.12 bits per heavy atom. The third-order valence-electron chi connectivity index (χ3n) is 1.88. The minimum atomic E-state index is -0.141. The summed E-state index contributed by atoms with van der Waals surface area (Å²) < 4.78 is 11.2. The normalized spacial score (nSPS) is 9.69. The summed E-state index contributed by atoms with van der Waals surface area (Å²) in [5.74, 6) is 1.12. The third-order valence-corrected chi connectivity index (χ3v) is 2.66. The van der Waals surface area contributed by atoms with Gasteiger partial charge in [-0.25, -0.2) is 0 Å². The number of hydrogen-bond acceptors (Lipinski definition) is 3. The Kier molecular flexibility index (Phi) is 5.11. The molecule has 0 aliphatic heterocycles. The van der Waals surface area contributed by atoms with Crippen molar-refractivity contribution in [3.8, 4) is 11.5 Å². The monoisotopic (exact) mass is 287 g/mol. The average Bonchev–Trinajstić information content (AvgIpc) is 2.28. The zero-order chi connectivity index (χ0) is 12.0. The van der Waals surface area contributed by atoms with Crippen LogP contribution in [0.1, 0.15) is 6.92 Å². The first kappa shape index (κ1) is 12.8. The van der Waals surface area contributed by atoms with Crippen molar-refractivity contribution in [3.63, 3.8) is 0 Å². The summed E-state index contributed by atoms with van der Waals surface area (Å²) in [4.78, 5) is 11.2. The lowest BCUT2D eigenvalue weighted by molar-refractivity contribution is -0.123. The van der Waals surface area contributed by atoms with Crippen LogP contribution in [0.4, 0.5) is 0 Å². The maximum absolute atomic E-state index is 11.2. The van der Waals surface area contributed by atoms with E-state index in [9.17, 15) is 4.79 Å².